The van der Waals surface area contributed by atoms with E-state index < -0.39 is 4.92 Å². The Morgan fingerprint density at radius 2 is 1.83 bits per heavy atom. The van der Waals surface area contributed by atoms with E-state index in [1.807, 2.05) is 49.4 Å². The fourth-order valence-corrected chi connectivity index (χ4v) is 3.02. The van der Waals surface area contributed by atoms with Crippen LogP contribution in [-0.2, 0) is 6.54 Å². The molecule has 148 valence electrons. The maximum atomic E-state index is 12.7. The monoisotopic (exact) mass is 390 g/mol. The first-order chi connectivity index (χ1) is 14.1. The molecule has 2 aromatic carbocycles. The van der Waals surface area contributed by atoms with Crippen LogP contribution in [0.3, 0.4) is 0 Å². The van der Waals surface area contributed by atoms with Crippen molar-refractivity contribution in [2.75, 3.05) is 5.32 Å². The number of nitrogens with one attached hydrogen (secondary N) is 2. The summed E-state index contributed by atoms with van der Waals surface area (Å²) in [6, 6.07) is 17.6. The van der Waals surface area contributed by atoms with Crippen LogP contribution in [0.2, 0.25) is 0 Å². The van der Waals surface area contributed by atoms with E-state index in [1.54, 1.807) is 24.5 Å². The van der Waals surface area contributed by atoms with Gasteiger partial charge >= 0.3 is 0 Å². The van der Waals surface area contributed by atoms with Gasteiger partial charge in [-0.1, -0.05) is 37.3 Å². The third kappa shape index (κ3) is 5.16. The number of hydrogen-bond acceptors (Lipinski definition) is 5. The molecule has 0 unspecified atom stereocenters. The number of anilines is 1. The molecule has 1 atom stereocenters. The number of pyridine rings is 1. The average Bonchev–Trinajstić information content (AvgIpc) is 2.77. The standard InChI is InChI=1S/C22H22N4O3/c1-2-19(17-6-4-3-5-7-17)25-22(27)18-8-9-20(21(14-18)26(28)29)24-15-16-10-12-23-13-11-16/h3-14,19,24H,2,15H2,1H3,(H,25,27)/t19-/m1/s1. The topological polar surface area (TPSA) is 97.2 Å². The summed E-state index contributed by atoms with van der Waals surface area (Å²) in [6.45, 7) is 2.40. The molecule has 7 nitrogen and oxygen atoms in total. The third-order valence-electron chi connectivity index (χ3n) is 4.60. The second kappa shape index (κ2) is 9.45. The minimum atomic E-state index is -0.486. The molecule has 0 bridgehead atoms. The zero-order chi connectivity index (χ0) is 20.6. The summed E-state index contributed by atoms with van der Waals surface area (Å²) >= 11 is 0. The Hall–Kier alpha value is -3.74. The first-order valence-electron chi connectivity index (χ1n) is 9.35. The van der Waals surface area contributed by atoms with Gasteiger partial charge in [-0.3, -0.25) is 19.9 Å². The van der Waals surface area contributed by atoms with E-state index >= 15 is 0 Å². The Labute approximate surface area is 169 Å². The van der Waals surface area contributed by atoms with Gasteiger partial charge in [0.2, 0.25) is 0 Å². The van der Waals surface area contributed by atoms with Crippen molar-refractivity contribution >= 4 is 17.3 Å². The van der Waals surface area contributed by atoms with Crippen molar-refractivity contribution in [3.8, 4) is 0 Å². The number of hydrogen-bond donors (Lipinski definition) is 2. The molecule has 29 heavy (non-hydrogen) atoms. The van der Waals surface area contributed by atoms with Gasteiger partial charge in [-0.05, 0) is 41.8 Å². The molecular weight excluding hydrogens is 368 g/mol. The van der Waals surface area contributed by atoms with Crippen molar-refractivity contribution in [1.82, 2.24) is 10.3 Å². The largest absolute Gasteiger partial charge is 0.375 e. The smallest absolute Gasteiger partial charge is 0.293 e. The van der Waals surface area contributed by atoms with Gasteiger partial charge in [-0.25, -0.2) is 0 Å². The first-order valence-corrected chi connectivity index (χ1v) is 9.35. The maximum absolute atomic E-state index is 12.7. The van der Waals surface area contributed by atoms with Crippen molar-refractivity contribution in [3.63, 3.8) is 0 Å². The Morgan fingerprint density at radius 3 is 2.48 bits per heavy atom. The molecule has 0 saturated carbocycles. The highest BCUT2D eigenvalue weighted by atomic mass is 16.6. The van der Waals surface area contributed by atoms with Gasteiger partial charge in [-0.2, -0.15) is 0 Å². The second-order valence-electron chi connectivity index (χ2n) is 6.54. The summed E-state index contributed by atoms with van der Waals surface area (Å²) in [5.41, 5.74) is 2.41. The van der Waals surface area contributed by atoms with Crippen molar-refractivity contribution in [2.24, 2.45) is 0 Å². The normalized spacial score (nSPS) is 11.5. The summed E-state index contributed by atoms with van der Waals surface area (Å²) < 4.78 is 0. The van der Waals surface area contributed by atoms with E-state index in [2.05, 4.69) is 15.6 Å². The Balaban J connectivity index is 1.76. The highest BCUT2D eigenvalue weighted by molar-refractivity contribution is 5.96. The van der Waals surface area contributed by atoms with Crippen LogP contribution in [0, 0.1) is 10.1 Å². The summed E-state index contributed by atoms with van der Waals surface area (Å²) in [7, 11) is 0. The number of aromatic nitrogens is 1. The van der Waals surface area contributed by atoms with E-state index in [4.69, 9.17) is 0 Å². The van der Waals surface area contributed by atoms with E-state index in [1.165, 1.54) is 6.07 Å². The van der Waals surface area contributed by atoms with Crippen molar-refractivity contribution in [3.05, 3.63) is 99.9 Å². The van der Waals surface area contributed by atoms with Gasteiger partial charge in [0.15, 0.2) is 0 Å². The molecule has 0 aliphatic rings. The van der Waals surface area contributed by atoms with Crippen LogP contribution in [-0.4, -0.2) is 15.8 Å². The van der Waals surface area contributed by atoms with Crippen LogP contribution in [0.5, 0.6) is 0 Å². The zero-order valence-electron chi connectivity index (χ0n) is 16.0. The summed E-state index contributed by atoms with van der Waals surface area (Å²) in [4.78, 5) is 27.7. The third-order valence-corrected chi connectivity index (χ3v) is 4.60. The lowest BCUT2D eigenvalue weighted by molar-refractivity contribution is -0.384. The van der Waals surface area contributed by atoms with Crippen LogP contribution in [0.1, 0.15) is 40.9 Å². The van der Waals surface area contributed by atoms with Crippen LogP contribution in [0.25, 0.3) is 0 Å². The molecular formula is C22H22N4O3. The number of carbonyl (C=O) groups excluding carboxylic acids is 1. The molecule has 3 rings (SSSR count). The quantitative estimate of drug-likeness (QED) is 0.436. The molecule has 1 aromatic heterocycles. The molecule has 0 spiro atoms. The van der Waals surface area contributed by atoms with E-state index in [-0.39, 0.29) is 23.2 Å². The summed E-state index contributed by atoms with van der Waals surface area (Å²) in [6.07, 6.45) is 4.04. The van der Waals surface area contributed by atoms with Crippen LogP contribution in [0.4, 0.5) is 11.4 Å². The van der Waals surface area contributed by atoms with Crippen molar-refractivity contribution in [1.29, 1.82) is 0 Å². The van der Waals surface area contributed by atoms with Crippen molar-refractivity contribution < 1.29 is 9.72 Å². The predicted octanol–water partition coefficient (Wildman–Crippen LogP) is 4.48. The molecule has 1 heterocycles. The molecule has 0 aliphatic carbocycles. The van der Waals surface area contributed by atoms with E-state index in [9.17, 15) is 14.9 Å². The first kappa shape index (κ1) is 20.0. The number of carbonyl (C=O) groups is 1. The Kier molecular flexibility index (Phi) is 6.52. The van der Waals surface area contributed by atoms with Gasteiger partial charge in [0.25, 0.3) is 11.6 Å². The fraction of sp³-hybridized carbons (Fsp3) is 0.182. The van der Waals surface area contributed by atoms with Gasteiger partial charge < -0.3 is 10.6 Å². The lowest BCUT2D eigenvalue weighted by Gasteiger charge is -2.17. The Bertz CT molecular complexity index is 978. The number of nitro groups is 1. The number of nitrogens with zero attached hydrogens (tertiary/aromatic N) is 2. The summed E-state index contributed by atoms with van der Waals surface area (Å²) in [5, 5.41) is 17.5. The maximum Gasteiger partial charge on any atom is 0.293 e. The summed E-state index contributed by atoms with van der Waals surface area (Å²) in [5.74, 6) is -0.343. The Morgan fingerprint density at radius 1 is 1.10 bits per heavy atom. The molecule has 0 saturated heterocycles. The molecule has 1 amide bonds. The highest BCUT2D eigenvalue weighted by Gasteiger charge is 2.19. The van der Waals surface area contributed by atoms with Crippen molar-refractivity contribution in [2.45, 2.75) is 25.9 Å². The SMILES string of the molecule is CC[C@@H](NC(=O)c1ccc(NCc2ccncc2)c([N+](=O)[O-])c1)c1ccccc1. The van der Waals surface area contributed by atoms with Gasteiger partial charge in [0.05, 0.1) is 11.0 Å². The second-order valence-corrected chi connectivity index (χ2v) is 6.54. The average molecular weight is 390 g/mol. The minimum absolute atomic E-state index is 0.139. The van der Waals surface area contributed by atoms with Crippen LogP contribution >= 0.6 is 0 Å². The van der Waals surface area contributed by atoms with Crippen LogP contribution in [0.15, 0.2) is 73.1 Å². The molecule has 7 heteroatoms. The van der Waals surface area contributed by atoms with Gasteiger partial charge in [-0.15, -0.1) is 0 Å². The number of rotatable bonds is 8. The molecule has 3 aromatic rings. The minimum Gasteiger partial charge on any atom is -0.375 e. The number of nitro benzene ring substituents is 1. The lowest BCUT2D eigenvalue weighted by Crippen LogP contribution is -2.28. The lowest BCUT2D eigenvalue weighted by atomic mass is 10.0. The van der Waals surface area contributed by atoms with E-state index in [0.29, 0.717) is 18.7 Å². The van der Waals surface area contributed by atoms with Gasteiger partial charge in [0, 0.05) is 30.6 Å². The molecule has 0 radical (unpaired) electrons. The van der Waals surface area contributed by atoms with Gasteiger partial charge in [0.1, 0.15) is 5.69 Å². The predicted molar refractivity (Wildman–Crippen MR) is 112 cm³/mol. The van der Waals surface area contributed by atoms with Crippen LogP contribution < -0.4 is 10.6 Å². The molecule has 0 fully saturated rings. The number of amides is 1. The highest BCUT2D eigenvalue weighted by Crippen LogP contribution is 2.27. The molecule has 2 N–H and O–H groups in total. The zero-order valence-corrected chi connectivity index (χ0v) is 16.0. The number of benzene rings is 2. The fourth-order valence-electron chi connectivity index (χ4n) is 3.02. The van der Waals surface area contributed by atoms with E-state index in [0.717, 1.165) is 11.1 Å². The molecule has 0 aliphatic heterocycles.